The van der Waals surface area contributed by atoms with Gasteiger partial charge in [0.25, 0.3) is 0 Å². The molecule has 1 aromatic heterocycles. The molecule has 0 aliphatic heterocycles. The van der Waals surface area contributed by atoms with Gasteiger partial charge in [-0.05, 0) is 11.8 Å². The molecule has 1 unspecified atom stereocenters. The second-order valence-electron chi connectivity index (χ2n) is 2.23. The predicted molar refractivity (Wildman–Crippen MR) is 46.7 cm³/mol. The largest absolute Gasteiger partial charge is 0.472 e. The van der Waals surface area contributed by atoms with E-state index < -0.39 is 0 Å². The highest BCUT2D eigenvalue weighted by molar-refractivity contribution is 7.99. The molecular weight excluding hydrogens is 160 g/mol. The molecule has 0 aliphatic carbocycles. The third-order valence-corrected chi connectivity index (χ3v) is 2.37. The topological polar surface area (TPSA) is 33.4 Å². The Balaban J connectivity index is 2.36. The number of thioether (sulfide) groups is 1. The van der Waals surface area contributed by atoms with Gasteiger partial charge in [0.1, 0.15) is 0 Å². The molecule has 0 spiro atoms. The van der Waals surface area contributed by atoms with Crippen LogP contribution in [0.3, 0.4) is 0 Å². The van der Waals surface area contributed by atoms with E-state index in [9.17, 15) is 5.11 Å². The molecule has 1 N–H and O–H groups in total. The summed E-state index contributed by atoms with van der Waals surface area (Å²) in [4.78, 5) is 0. The van der Waals surface area contributed by atoms with Crippen molar-refractivity contribution in [1.82, 2.24) is 0 Å². The first-order valence-corrected chi connectivity index (χ1v) is 4.78. The lowest BCUT2D eigenvalue weighted by Crippen LogP contribution is -1.98. The molecule has 0 aliphatic rings. The van der Waals surface area contributed by atoms with Crippen LogP contribution < -0.4 is 0 Å². The minimum atomic E-state index is -0.376. The molecule has 0 saturated carbocycles. The maximum atomic E-state index is 9.46. The van der Waals surface area contributed by atoms with E-state index in [1.54, 1.807) is 30.4 Å². The van der Waals surface area contributed by atoms with Gasteiger partial charge in [-0.15, -0.1) is 0 Å². The van der Waals surface area contributed by atoms with E-state index >= 15 is 0 Å². The van der Waals surface area contributed by atoms with Crippen LogP contribution in [-0.4, -0.2) is 16.6 Å². The van der Waals surface area contributed by atoms with Crippen molar-refractivity contribution in [3.8, 4) is 0 Å². The van der Waals surface area contributed by atoms with Gasteiger partial charge in [0.2, 0.25) is 0 Å². The van der Waals surface area contributed by atoms with Crippen molar-refractivity contribution in [2.45, 2.75) is 13.0 Å². The SMILES string of the molecule is CCSCC(O)c1ccoc1. The Morgan fingerprint density at radius 2 is 2.55 bits per heavy atom. The molecule has 62 valence electrons. The summed E-state index contributed by atoms with van der Waals surface area (Å²) in [5.41, 5.74) is 0.867. The van der Waals surface area contributed by atoms with Crippen LogP contribution in [0.25, 0.3) is 0 Å². The molecule has 0 radical (unpaired) electrons. The molecule has 1 rings (SSSR count). The first kappa shape index (κ1) is 8.68. The van der Waals surface area contributed by atoms with Gasteiger partial charge >= 0.3 is 0 Å². The zero-order chi connectivity index (χ0) is 8.10. The van der Waals surface area contributed by atoms with Crippen LogP contribution in [0.5, 0.6) is 0 Å². The van der Waals surface area contributed by atoms with E-state index in [1.807, 2.05) is 0 Å². The Morgan fingerprint density at radius 1 is 1.73 bits per heavy atom. The molecule has 2 nitrogen and oxygen atoms in total. The van der Waals surface area contributed by atoms with Crippen molar-refractivity contribution in [2.24, 2.45) is 0 Å². The summed E-state index contributed by atoms with van der Waals surface area (Å²) in [7, 11) is 0. The quantitative estimate of drug-likeness (QED) is 0.754. The van der Waals surface area contributed by atoms with Gasteiger partial charge in [0, 0.05) is 11.3 Å². The van der Waals surface area contributed by atoms with Crippen LogP contribution in [0.15, 0.2) is 23.0 Å². The third-order valence-electron chi connectivity index (χ3n) is 1.41. The van der Waals surface area contributed by atoms with Crippen LogP contribution in [-0.2, 0) is 0 Å². The lowest BCUT2D eigenvalue weighted by Gasteiger charge is -2.05. The molecule has 1 heterocycles. The van der Waals surface area contributed by atoms with Crippen molar-refractivity contribution in [1.29, 1.82) is 0 Å². The smallest absolute Gasteiger partial charge is 0.0960 e. The van der Waals surface area contributed by atoms with Crippen molar-refractivity contribution in [3.63, 3.8) is 0 Å². The summed E-state index contributed by atoms with van der Waals surface area (Å²) < 4.78 is 4.85. The Bertz CT molecular complexity index is 184. The first-order chi connectivity index (χ1) is 5.34. The molecule has 0 bridgehead atoms. The molecule has 0 amide bonds. The van der Waals surface area contributed by atoms with E-state index in [2.05, 4.69) is 6.92 Å². The molecular formula is C8H12O2S. The second-order valence-corrected chi connectivity index (χ2v) is 3.55. The highest BCUT2D eigenvalue weighted by atomic mass is 32.2. The number of aliphatic hydroxyl groups is 1. The van der Waals surface area contributed by atoms with E-state index in [4.69, 9.17) is 4.42 Å². The number of hydrogen-bond acceptors (Lipinski definition) is 3. The van der Waals surface area contributed by atoms with Gasteiger partial charge in [-0.2, -0.15) is 11.8 Å². The van der Waals surface area contributed by atoms with Crippen molar-refractivity contribution in [3.05, 3.63) is 24.2 Å². The van der Waals surface area contributed by atoms with Crippen molar-refractivity contribution in [2.75, 3.05) is 11.5 Å². The van der Waals surface area contributed by atoms with Crippen LogP contribution in [0, 0.1) is 0 Å². The van der Waals surface area contributed by atoms with Gasteiger partial charge in [0.05, 0.1) is 18.6 Å². The van der Waals surface area contributed by atoms with Gasteiger partial charge in [0.15, 0.2) is 0 Å². The Hall–Kier alpha value is -0.410. The third kappa shape index (κ3) is 2.60. The fraction of sp³-hybridized carbons (Fsp3) is 0.500. The average molecular weight is 172 g/mol. The summed E-state index contributed by atoms with van der Waals surface area (Å²) in [5, 5.41) is 9.46. The number of rotatable bonds is 4. The molecule has 1 aromatic rings. The second kappa shape index (κ2) is 4.46. The van der Waals surface area contributed by atoms with E-state index in [0.717, 1.165) is 17.1 Å². The number of hydrogen-bond donors (Lipinski definition) is 1. The van der Waals surface area contributed by atoms with Gasteiger partial charge in [-0.3, -0.25) is 0 Å². The normalized spacial score (nSPS) is 13.3. The van der Waals surface area contributed by atoms with Crippen LogP contribution in [0.1, 0.15) is 18.6 Å². The lowest BCUT2D eigenvalue weighted by molar-refractivity contribution is 0.203. The molecule has 11 heavy (non-hydrogen) atoms. The van der Waals surface area contributed by atoms with Crippen LogP contribution in [0.4, 0.5) is 0 Å². The maximum Gasteiger partial charge on any atom is 0.0960 e. The highest BCUT2D eigenvalue weighted by Gasteiger charge is 2.06. The summed E-state index contributed by atoms with van der Waals surface area (Å²) in [6.07, 6.45) is 2.79. The van der Waals surface area contributed by atoms with Gasteiger partial charge < -0.3 is 9.52 Å². The summed E-state index contributed by atoms with van der Waals surface area (Å²) in [6, 6.07) is 1.79. The van der Waals surface area contributed by atoms with Gasteiger partial charge in [-0.25, -0.2) is 0 Å². The summed E-state index contributed by atoms with van der Waals surface area (Å²) in [5.74, 6) is 1.78. The molecule has 0 saturated heterocycles. The standard InChI is InChI=1S/C8H12O2S/c1-2-11-6-8(9)7-3-4-10-5-7/h3-5,8-9H,2,6H2,1H3. The lowest BCUT2D eigenvalue weighted by atomic mass is 10.2. The van der Waals surface area contributed by atoms with Crippen molar-refractivity contribution >= 4 is 11.8 Å². The number of furan rings is 1. The Morgan fingerprint density at radius 3 is 3.09 bits per heavy atom. The Kier molecular flexibility index (Phi) is 3.52. The zero-order valence-corrected chi connectivity index (χ0v) is 7.30. The first-order valence-electron chi connectivity index (χ1n) is 3.62. The Labute approximate surface area is 70.6 Å². The molecule has 1 atom stereocenters. The van der Waals surface area contributed by atoms with Gasteiger partial charge in [-0.1, -0.05) is 6.92 Å². The van der Waals surface area contributed by atoms with Crippen LogP contribution >= 0.6 is 11.8 Å². The zero-order valence-electron chi connectivity index (χ0n) is 6.49. The maximum absolute atomic E-state index is 9.46. The fourth-order valence-corrected chi connectivity index (χ4v) is 1.44. The van der Waals surface area contributed by atoms with E-state index in [0.29, 0.717) is 0 Å². The monoisotopic (exact) mass is 172 g/mol. The predicted octanol–water partition coefficient (Wildman–Crippen LogP) is 2.07. The van der Waals surface area contributed by atoms with E-state index in [-0.39, 0.29) is 6.10 Å². The summed E-state index contributed by atoms with van der Waals surface area (Å²) >= 11 is 1.72. The highest BCUT2D eigenvalue weighted by Crippen LogP contribution is 2.17. The minimum absolute atomic E-state index is 0.376. The minimum Gasteiger partial charge on any atom is -0.472 e. The molecule has 3 heteroatoms. The van der Waals surface area contributed by atoms with Crippen LogP contribution in [0.2, 0.25) is 0 Å². The fourth-order valence-electron chi connectivity index (χ4n) is 0.790. The molecule has 0 fully saturated rings. The summed E-state index contributed by atoms with van der Waals surface area (Å²) in [6.45, 7) is 2.08. The van der Waals surface area contributed by atoms with Crippen molar-refractivity contribution < 1.29 is 9.52 Å². The average Bonchev–Trinajstić information content (AvgIpc) is 2.52. The van der Waals surface area contributed by atoms with E-state index in [1.165, 1.54) is 0 Å². The molecule has 0 aromatic carbocycles. The number of aliphatic hydroxyl groups excluding tert-OH is 1.